The highest BCUT2D eigenvalue weighted by molar-refractivity contribution is 6.31. The van der Waals surface area contributed by atoms with Crippen molar-refractivity contribution in [3.63, 3.8) is 0 Å². The van der Waals surface area contributed by atoms with E-state index in [4.69, 9.17) is 21.1 Å². The Balaban J connectivity index is 2.11. The monoisotopic (exact) mass is 452 g/mol. The largest absolute Gasteiger partial charge is 0.493 e. The van der Waals surface area contributed by atoms with E-state index < -0.39 is 22.8 Å². The zero-order valence-corrected chi connectivity index (χ0v) is 18.2. The van der Waals surface area contributed by atoms with Crippen molar-refractivity contribution in [3.8, 4) is 22.8 Å². The Hall–Kier alpha value is -2.78. The second kappa shape index (κ2) is 10.0. The molecule has 3 rings (SSSR count). The molecule has 0 unspecified atom stereocenters. The van der Waals surface area contributed by atoms with Crippen LogP contribution in [0.2, 0.25) is 5.15 Å². The molecular formula is C21H23ClF2N4O3. The summed E-state index contributed by atoms with van der Waals surface area (Å²) < 4.78 is 42.8. The first-order valence-electron chi connectivity index (χ1n) is 9.75. The molecule has 0 saturated carbocycles. The smallest absolute Gasteiger partial charge is 0.296 e. The molecule has 1 aromatic carbocycles. The predicted molar refractivity (Wildman–Crippen MR) is 113 cm³/mol. The standard InChI is InChI=1S/C21H23ClF2N4O3/c1-13(2)12-27-18(19(22)26-20(21(27)29)28-7-4-6-25-28)17-15(23)10-14(11-16(17)24)31-9-5-8-30-3/h4,6-7,10-11,13H,5,8-9,12H2,1-3H3. The molecule has 0 bridgehead atoms. The fraction of sp³-hybridized carbons (Fsp3) is 0.381. The number of hydrogen-bond acceptors (Lipinski definition) is 5. The highest BCUT2D eigenvalue weighted by atomic mass is 35.5. The molecule has 10 heteroatoms. The van der Waals surface area contributed by atoms with Gasteiger partial charge in [0.05, 0.1) is 17.9 Å². The van der Waals surface area contributed by atoms with Crippen LogP contribution in [0.4, 0.5) is 8.78 Å². The quantitative estimate of drug-likeness (QED) is 0.457. The molecule has 0 aliphatic heterocycles. The minimum Gasteiger partial charge on any atom is -0.493 e. The summed E-state index contributed by atoms with van der Waals surface area (Å²) in [5.74, 6) is -1.85. The zero-order valence-electron chi connectivity index (χ0n) is 17.4. The van der Waals surface area contributed by atoms with Gasteiger partial charge in [0.1, 0.15) is 17.4 Å². The zero-order chi connectivity index (χ0) is 22.5. The lowest BCUT2D eigenvalue weighted by atomic mass is 10.1. The summed E-state index contributed by atoms with van der Waals surface area (Å²) in [6.07, 6.45) is 3.59. The number of ether oxygens (including phenoxy) is 2. The summed E-state index contributed by atoms with van der Waals surface area (Å²) in [5, 5.41) is 3.80. The predicted octanol–water partition coefficient (Wildman–Crippen LogP) is 4.10. The lowest BCUT2D eigenvalue weighted by Gasteiger charge is -2.19. The van der Waals surface area contributed by atoms with E-state index in [0.717, 1.165) is 12.1 Å². The molecule has 166 valence electrons. The van der Waals surface area contributed by atoms with E-state index in [1.54, 1.807) is 13.2 Å². The van der Waals surface area contributed by atoms with Crippen molar-refractivity contribution in [1.82, 2.24) is 19.3 Å². The average molecular weight is 453 g/mol. The van der Waals surface area contributed by atoms with Gasteiger partial charge in [0.15, 0.2) is 5.15 Å². The van der Waals surface area contributed by atoms with Crippen molar-refractivity contribution in [2.75, 3.05) is 20.3 Å². The topological polar surface area (TPSA) is 71.2 Å². The summed E-state index contributed by atoms with van der Waals surface area (Å²) in [6.45, 7) is 4.64. The molecule has 3 aromatic rings. The molecule has 7 nitrogen and oxygen atoms in total. The maximum Gasteiger partial charge on any atom is 0.296 e. The third-order valence-electron chi connectivity index (χ3n) is 4.39. The van der Waals surface area contributed by atoms with Crippen LogP contribution in [0.5, 0.6) is 5.75 Å². The van der Waals surface area contributed by atoms with Gasteiger partial charge in [-0.3, -0.25) is 4.79 Å². The van der Waals surface area contributed by atoms with Crippen LogP contribution >= 0.6 is 11.6 Å². The highest BCUT2D eigenvalue weighted by Crippen LogP contribution is 2.33. The second-order valence-electron chi connectivity index (χ2n) is 7.29. The van der Waals surface area contributed by atoms with Gasteiger partial charge >= 0.3 is 0 Å². The summed E-state index contributed by atoms with van der Waals surface area (Å²) in [6, 6.07) is 3.75. The van der Waals surface area contributed by atoms with Crippen LogP contribution < -0.4 is 10.3 Å². The molecule has 0 N–H and O–H groups in total. The van der Waals surface area contributed by atoms with Crippen molar-refractivity contribution in [2.24, 2.45) is 5.92 Å². The Morgan fingerprint density at radius 2 is 1.90 bits per heavy atom. The van der Waals surface area contributed by atoms with Crippen molar-refractivity contribution in [3.05, 3.63) is 57.7 Å². The molecule has 0 saturated heterocycles. The van der Waals surface area contributed by atoms with Gasteiger partial charge in [-0.15, -0.1) is 0 Å². The van der Waals surface area contributed by atoms with Crippen molar-refractivity contribution in [1.29, 1.82) is 0 Å². The molecule has 2 heterocycles. The van der Waals surface area contributed by atoms with Gasteiger partial charge in [-0.1, -0.05) is 25.4 Å². The van der Waals surface area contributed by atoms with E-state index in [1.165, 1.54) is 21.6 Å². The van der Waals surface area contributed by atoms with Crippen LogP contribution in [0.3, 0.4) is 0 Å². The Labute approximate surface area is 183 Å². The number of nitrogens with zero attached hydrogens (tertiary/aromatic N) is 4. The molecule has 0 radical (unpaired) electrons. The number of halogens is 3. The number of methoxy groups -OCH3 is 1. The number of hydrogen-bond donors (Lipinski definition) is 0. The Morgan fingerprint density at radius 3 is 2.48 bits per heavy atom. The first-order valence-corrected chi connectivity index (χ1v) is 10.1. The van der Waals surface area contributed by atoms with Crippen LogP contribution in [-0.4, -0.2) is 39.7 Å². The van der Waals surface area contributed by atoms with Crippen molar-refractivity contribution < 1.29 is 18.3 Å². The molecule has 0 aliphatic carbocycles. The fourth-order valence-electron chi connectivity index (χ4n) is 3.10. The van der Waals surface area contributed by atoms with Crippen molar-refractivity contribution >= 4 is 11.6 Å². The summed E-state index contributed by atoms with van der Waals surface area (Å²) in [7, 11) is 1.56. The van der Waals surface area contributed by atoms with Gasteiger partial charge in [0.25, 0.3) is 5.56 Å². The van der Waals surface area contributed by atoms with Crippen LogP contribution in [0.25, 0.3) is 17.1 Å². The first kappa shape index (κ1) is 22.9. The van der Waals surface area contributed by atoms with E-state index >= 15 is 8.78 Å². The minimum atomic E-state index is -0.908. The molecule has 31 heavy (non-hydrogen) atoms. The highest BCUT2D eigenvalue weighted by Gasteiger charge is 2.25. The third kappa shape index (κ3) is 5.11. The first-order chi connectivity index (χ1) is 14.8. The van der Waals surface area contributed by atoms with Gasteiger partial charge in [-0.25, -0.2) is 18.4 Å². The Kier molecular flexibility index (Phi) is 7.40. The Bertz CT molecular complexity index is 1080. The van der Waals surface area contributed by atoms with Crippen LogP contribution in [-0.2, 0) is 11.3 Å². The van der Waals surface area contributed by atoms with E-state index in [-0.39, 0.29) is 41.5 Å². The lowest BCUT2D eigenvalue weighted by molar-refractivity contribution is 0.172. The maximum atomic E-state index is 15.0. The molecule has 0 aliphatic rings. The van der Waals surface area contributed by atoms with Gasteiger partial charge < -0.3 is 14.0 Å². The molecule has 0 fully saturated rings. The normalized spacial score (nSPS) is 11.3. The van der Waals surface area contributed by atoms with E-state index in [1.807, 2.05) is 13.8 Å². The molecule has 0 spiro atoms. The number of benzene rings is 1. The van der Waals surface area contributed by atoms with Gasteiger partial charge in [-0.05, 0) is 12.0 Å². The maximum absolute atomic E-state index is 15.0. The number of rotatable bonds is 9. The molecule has 2 aromatic heterocycles. The minimum absolute atomic E-state index is 0.00472. The summed E-state index contributed by atoms with van der Waals surface area (Å²) >= 11 is 6.35. The SMILES string of the molecule is COCCCOc1cc(F)c(-c2c(Cl)nc(-n3cccn3)c(=O)n2CC(C)C)c(F)c1. The second-order valence-corrected chi connectivity index (χ2v) is 7.65. The van der Waals surface area contributed by atoms with Gasteiger partial charge in [-0.2, -0.15) is 5.10 Å². The summed E-state index contributed by atoms with van der Waals surface area (Å²) in [5.41, 5.74) is -1.13. The average Bonchev–Trinajstić information content (AvgIpc) is 3.23. The molecule has 0 atom stereocenters. The van der Waals surface area contributed by atoms with E-state index in [0.29, 0.717) is 13.0 Å². The molecular weight excluding hydrogens is 430 g/mol. The van der Waals surface area contributed by atoms with E-state index in [2.05, 4.69) is 10.1 Å². The van der Waals surface area contributed by atoms with Crippen LogP contribution in [0.15, 0.2) is 35.4 Å². The van der Waals surface area contributed by atoms with Crippen LogP contribution in [0, 0.1) is 17.6 Å². The van der Waals surface area contributed by atoms with Crippen LogP contribution in [0.1, 0.15) is 20.3 Å². The van der Waals surface area contributed by atoms with E-state index in [9.17, 15) is 4.79 Å². The van der Waals surface area contributed by atoms with Gasteiger partial charge in [0, 0.05) is 51.2 Å². The fourth-order valence-corrected chi connectivity index (χ4v) is 3.38. The lowest BCUT2D eigenvalue weighted by Crippen LogP contribution is -2.30. The third-order valence-corrected chi connectivity index (χ3v) is 4.65. The van der Waals surface area contributed by atoms with Gasteiger partial charge in [0.2, 0.25) is 5.82 Å². The number of aromatic nitrogens is 4. The van der Waals surface area contributed by atoms with Crippen molar-refractivity contribution in [2.45, 2.75) is 26.8 Å². The molecule has 0 amide bonds. The summed E-state index contributed by atoms with van der Waals surface area (Å²) in [4.78, 5) is 17.2. The Morgan fingerprint density at radius 1 is 1.19 bits per heavy atom.